The van der Waals surface area contributed by atoms with Crippen LogP contribution in [0.2, 0.25) is 0 Å². The molecule has 4 heteroatoms. The van der Waals surface area contributed by atoms with Crippen LogP contribution in [0.25, 0.3) is 0 Å². The molecule has 0 heterocycles. The molecule has 0 fully saturated rings. The van der Waals surface area contributed by atoms with Gasteiger partial charge in [-0.2, -0.15) is 0 Å². The first-order valence-corrected chi connectivity index (χ1v) is 6.77. The summed E-state index contributed by atoms with van der Waals surface area (Å²) in [5.74, 6) is 1.64. The molecule has 13 heavy (non-hydrogen) atoms. The standard InChI is InChI=1S/C6H14S2.C3H4O2/c1-3-5-7-8-6-4-2;1-2-3(4)5/h3-6H2,1-2H3;2H,1H2,(H,4,5). The maximum atomic E-state index is 9.25. The number of carboxylic acid groups (broad SMARTS) is 1. The highest BCUT2D eigenvalue weighted by atomic mass is 33.1. The van der Waals surface area contributed by atoms with Crippen LogP contribution >= 0.6 is 21.6 Å². The van der Waals surface area contributed by atoms with Crippen molar-refractivity contribution in [3.8, 4) is 0 Å². The van der Waals surface area contributed by atoms with Gasteiger partial charge in [0.05, 0.1) is 0 Å². The van der Waals surface area contributed by atoms with Crippen LogP contribution in [0.1, 0.15) is 26.7 Å². The molecular formula is C9H18O2S2. The Balaban J connectivity index is 0. The second-order valence-electron chi connectivity index (χ2n) is 2.19. The maximum Gasteiger partial charge on any atom is 0.327 e. The molecule has 0 atom stereocenters. The predicted molar refractivity (Wildman–Crippen MR) is 63.3 cm³/mol. The lowest BCUT2D eigenvalue weighted by Gasteiger charge is -1.93. The van der Waals surface area contributed by atoms with Crippen molar-refractivity contribution >= 4 is 27.6 Å². The Bertz CT molecular complexity index is 121. The lowest BCUT2D eigenvalue weighted by molar-refractivity contribution is -0.131. The minimum absolute atomic E-state index is 0.833. The summed E-state index contributed by atoms with van der Waals surface area (Å²) in [6.07, 6.45) is 3.45. The summed E-state index contributed by atoms with van der Waals surface area (Å²) >= 11 is 0. The number of carbonyl (C=O) groups is 1. The molecule has 0 aliphatic heterocycles. The molecule has 0 rings (SSSR count). The molecule has 0 aromatic rings. The summed E-state index contributed by atoms with van der Waals surface area (Å²) < 4.78 is 0. The molecule has 0 aliphatic carbocycles. The fourth-order valence-corrected chi connectivity index (χ4v) is 2.56. The highest BCUT2D eigenvalue weighted by Gasteiger charge is 1.83. The minimum Gasteiger partial charge on any atom is -0.478 e. The average molecular weight is 222 g/mol. The molecule has 78 valence electrons. The number of hydrogen-bond donors (Lipinski definition) is 1. The maximum absolute atomic E-state index is 9.25. The lowest BCUT2D eigenvalue weighted by atomic mass is 10.6. The largest absolute Gasteiger partial charge is 0.478 e. The van der Waals surface area contributed by atoms with Crippen molar-refractivity contribution in [2.45, 2.75) is 26.7 Å². The Morgan fingerprint density at radius 3 is 1.77 bits per heavy atom. The van der Waals surface area contributed by atoms with E-state index in [-0.39, 0.29) is 0 Å². The summed E-state index contributed by atoms with van der Waals surface area (Å²) in [4.78, 5) is 9.25. The van der Waals surface area contributed by atoms with Gasteiger partial charge in [-0.1, -0.05) is 42.0 Å². The summed E-state index contributed by atoms with van der Waals surface area (Å²) in [6, 6.07) is 0. The average Bonchev–Trinajstić information content (AvgIpc) is 2.14. The van der Waals surface area contributed by atoms with Crippen molar-refractivity contribution in [1.82, 2.24) is 0 Å². The first kappa shape index (κ1) is 15.4. The Morgan fingerprint density at radius 1 is 1.31 bits per heavy atom. The van der Waals surface area contributed by atoms with Gasteiger partial charge < -0.3 is 5.11 Å². The van der Waals surface area contributed by atoms with Gasteiger partial charge >= 0.3 is 5.97 Å². The van der Waals surface area contributed by atoms with Crippen LogP contribution in [0, 0.1) is 0 Å². The van der Waals surface area contributed by atoms with Crippen LogP contribution in [-0.2, 0) is 4.79 Å². The molecule has 0 saturated carbocycles. The SMILES string of the molecule is C=CC(=O)O.CCCSSCCC. The summed E-state index contributed by atoms with van der Waals surface area (Å²) in [5.41, 5.74) is 0. The van der Waals surface area contributed by atoms with E-state index in [1.807, 2.05) is 21.6 Å². The van der Waals surface area contributed by atoms with Crippen LogP contribution in [-0.4, -0.2) is 22.6 Å². The molecule has 2 nitrogen and oxygen atoms in total. The van der Waals surface area contributed by atoms with Crippen molar-refractivity contribution in [3.05, 3.63) is 12.7 Å². The molecule has 0 spiro atoms. The Hall–Kier alpha value is -0.0900. The van der Waals surface area contributed by atoms with Gasteiger partial charge in [-0.3, -0.25) is 0 Å². The lowest BCUT2D eigenvalue weighted by Crippen LogP contribution is -1.82. The van der Waals surface area contributed by atoms with E-state index >= 15 is 0 Å². The van der Waals surface area contributed by atoms with Crippen LogP contribution in [0.3, 0.4) is 0 Å². The van der Waals surface area contributed by atoms with Gasteiger partial charge in [-0.05, 0) is 12.8 Å². The fraction of sp³-hybridized carbons (Fsp3) is 0.667. The number of rotatable bonds is 6. The molecule has 0 radical (unpaired) electrons. The van der Waals surface area contributed by atoms with Gasteiger partial charge in [0, 0.05) is 17.6 Å². The molecule has 0 aliphatic rings. The third-order valence-electron chi connectivity index (χ3n) is 0.833. The third-order valence-corrected chi connectivity index (χ3v) is 3.65. The van der Waals surface area contributed by atoms with Gasteiger partial charge in [-0.15, -0.1) is 0 Å². The van der Waals surface area contributed by atoms with Gasteiger partial charge in [0.2, 0.25) is 0 Å². The number of aliphatic carboxylic acids is 1. The Morgan fingerprint density at radius 2 is 1.62 bits per heavy atom. The van der Waals surface area contributed by atoms with E-state index in [1.54, 1.807) is 0 Å². The second kappa shape index (κ2) is 14.4. The zero-order chi connectivity index (χ0) is 10.5. The molecule has 0 aromatic heterocycles. The third kappa shape index (κ3) is 24.5. The molecule has 1 N–H and O–H groups in total. The van der Waals surface area contributed by atoms with Crippen molar-refractivity contribution < 1.29 is 9.90 Å². The zero-order valence-corrected chi connectivity index (χ0v) is 9.92. The highest BCUT2D eigenvalue weighted by Crippen LogP contribution is 2.21. The quantitative estimate of drug-likeness (QED) is 0.424. The van der Waals surface area contributed by atoms with Gasteiger partial charge in [-0.25, -0.2) is 4.79 Å². The summed E-state index contributed by atoms with van der Waals surface area (Å²) in [5, 5.41) is 7.60. The van der Waals surface area contributed by atoms with E-state index in [1.165, 1.54) is 24.3 Å². The van der Waals surface area contributed by atoms with Crippen molar-refractivity contribution in [2.75, 3.05) is 11.5 Å². The fourth-order valence-electron chi connectivity index (χ4n) is 0.285. The van der Waals surface area contributed by atoms with E-state index in [4.69, 9.17) is 5.11 Å². The topological polar surface area (TPSA) is 37.3 Å². The van der Waals surface area contributed by atoms with Crippen molar-refractivity contribution in [1.29, 1.82) is 0 Å². The molecule has 0 aromatic carbocycles. The molecule has 0 saturated heterocycles. The van der Waals surface area contributed by atoms with Crippen molar-refractivity contribution in [3.63, 3.8) is 0 Å². The van der Waals surface area contributed by atoms with E-state index in [0.717, 1.165) is 6.08 Å². The van der Waals surface area contributed by atoms with E-state index < -0.39 is 5.97 Å². The molecule has 0 amide bonds. The van der Waals surface area contributed by atoms with E-state index in [9.17, 15) is 4.79 Å². The molecule has 0 unspecified atom stereocenters. The highest BCUT2D eigenvalue weighted by molar-refractivity contribution is 8.76. The van der Waals surface area contributed by atoms with Gasteiger partial charge in [0.25, 0.3) is 0 Å². The first-order valence-electron chi connectivity index (χ1n) is 4.28. The Kier molecular flexibility index (Phi) is 17.1. The second-order valence-corrected chi connectivity index (χ2v) is 4.89. The summed E-state index contributed by atoms with van der Waals surface area (Å²) in [7, 11) is 3.99. The van der Waals surface area contributed by atoms with Gasteiger partial charge in [0.15, 0.2) is 0 Å². The zero-order valence-electron chi connectivity index (χ0n) is 8.28. The van der Waals surface area contributed by atoms with Gasteiger partial charge in [0.1, 0.15) is 0 Å². The van der Waals surface area contributed by atoms with Crippen LogP contribution < -0.4 is 0 Å². The first-order chi connectivity index (χ1) is 6.18. The monoisotopic (exact) mass is 222 g/mol. The van der Waals surface area contributed by atoms with Crippen LogP contribution in [0.4, 0.5) is 0 Å². The number of hydrogen-bond acceptors (Lipinski definition) is 3. The number of carboxylic acids is 1. The smallest absolute Gasteiger partial charge is 0.327 e. The van der Waals surface area contributed by atoms with Crippen LogP contribution in [0.15, 0.2) is 12.7 Å². The predicted octanol–water partition coefficient (Wildman–Crippen LogP) is 3.44. The van der Waals surface area contributed by atoms with E-state index in [2.05, 4.69) is 20.4 Å². The van der Waals surface area contributed by atoms with Crippen LogP contribution in [0.5, 0.6) is 0 Å². The molecule has 0 bridgehead atoms. The Labute approximate surface area is 88.6 Å². The van der Waals surface area contributed by atoms with Crippen molar-refractivity contribution in [2.24, 2.45) is 0 Å². The minimum atomic E-state index is -0.981. The van der Waals surface area contributed by atoms with E-state index in [0.29, 0.717) is 0 Å². The molecular weight excluding hydrogens is 204 g/mol. The summed E-state index contributed by atoms with van der Waals surface area (Å²) in [6.45, 7) is 7.40. The normalized spacial score (nSPS) is 8.46.